The number of nitrogens with zero attached hydrogens (tertiary/aromatic N) is 5. The van der Waals surface area contributed by atoms with E-state index in [1.807, 2.05) is 42.6 Å². The van der Waals surface area contributed by atoms with Crippen molar-refractivity contribution in [3.8, 4) is 33.8 Å². The van der Waals surface area contributed by atoms with Crippen LogP contribution in [0, 0.1) is 39.8 Å². The van der Waals surface area contributed by atoms with E-state index in [1.165, 1.54) is 44.5 Å². The number of ether oxygens (including phenoxy) is 1. The van der Waals surface area contributed by atoms with Crippen molar-refractivity contribution >= 4 is 76.8 Å². The molecule has 0 aliphatic carbocycles. The molecule has 0 saturated heterocycles. The third kappa shape index (κ3) is 5.20. The van der Waals surface area contributed by atoms with E-state index in [0.717, 1.165) is 76.8 Å². The maximum absolute atomic E-state index is 6.74. The van der Waals surface area contributed by atoms with E-state index >= 15 is 0 Å². The summed E-state index contributed by atoms with van der Waals surface area (Å²) in [5, 5.41) is 4.91. The first kappa shape index (κ1) is 36.2. The van der Waals surface area contributed by atoms with Crippen LogP contribution in [0.1, 0.15) is 22.3 Å². The molecule has 0 radical (unpaired) electrons. The van der Waals surface area contributed by atoms with E-state index in [0.29, 0.717) is 11.5 Å². The second-order valence-corrected chi connectivity index (χ2v) is 15.6. The average Bonchev–Trinajstić information content (AvgIpc) is 3.84. The van der Waals surface area contributed by atoms with Gasteiger partial charge in [0.05, 0.1) is 44.4 Å². The van der Waals surface area contributed by atoms with E-state index in [2.05, 4.69) is 146 Å². The molecule has 0 fully saturated rings. The molecule has 12 aromatic rings. The zero-order chi connectivity index (χ0) is 39.5. The summed E-state index contributed by atoms with van der Waals surface area (Å²) in [7, 11) is 0. The van der Waals surface area contributed by atoms with Gasteiger partial charge in [-0.2, -0.15) is 0 Å². The molecule has 12 rings (SSSR count). The molecule has 0 bridgehead atoms. The number of aryl methyl sites for hydroxylation is 4. The van der Waals surface area contributed by atoms with E-state index in [9.17, 15) is 0 Å². The van der Waals surface area contributed by atoms with Crippen molar-refractivity contribution in [2.75, 3.05) is 0 Å². The van der Waals surface area contributed by atoms with Gasteiger partial charge >= 0.3 is 20.4 Å². The second kappa shape index (κ2) is 13.6. The molecule has 0 N–H and O–H groups in total. The van der Waals surface area contributed by atoms with Gasteiger partial charge in [-0.3, -0.25) is 15.0 Å². The first-order valence-corrected chi connectivity index (χ1v) is 20.0. The van der Waals surface area contributed by atoms with Crippen molar-refractivity contribution in [1.29, 1.82) is 0 Å². The van der Waals surface area contributed by atoms with Gasteiger partial charge in [-0.25, -0.2) is 0 Å². The van der Waals surface area contributed by atoms with Crippen LogP contribution >= 0.6 is 0 Å². The van der Waals surface area contributed by atoms with E-state index in [4.69, 9.17) is 19.7 Å². The van der Waals surface area contributed by atoms with Gasteiger partial charge in [0.25, 0.3) is 0 Å². The van der Waals surface area contributed by atoms with E-state index in [1.54, 1.807) is 0 Å². The predicted molar refractivity (Wildman–Crippen MR) is 241 cm³/mol. The molecular formula is C53H35N5OPd. The maximum Gasteiger partial charge on any atom is 2.00 e. The summed E-state index contributed by atoms with van der Waals surface area (Å²) in [4.78, 5) is 15.2. The number of fused-ring (bicyclic) bond motifs is 16. The van der Waals surface area contributed by atoms with Gasteiger partial charge in [0.2, 0.25) is 0 Å². The fourth-order valence-corrected chi connectivity index (χ4v) is 9.57. The fourth-order valence-electron chi connectivity index (χ4n) is 9.57. The standard InChI is InChI=1S/C53H35N5O.Pd/c1-30-12-9-13-31(2)47(30)38-25-26-39(48-32(3)14-10-15-33(48)4)51-49(38)36-23-21-34(28-40(36)53-56-43-17-6-8-19-45(43)58(51)53)59-35-22-24-37-41(29-35)52-55-42-16-5-7-18-44(42)57(52)46-20-11-27-54-50(37)46;/h5-27H,1-4H3;/q-2;+2. The summed E-state index contributed by atoms with van der Waals surface area (Å²) in [5.74, 6) is 1.14. The maximum atomic E-state index is 6.74. The van der Waals surface area contributed by atoms with Crippen LogP contribution in [-0.4, -0.2) is 23.8 Å². The Morgan fingerprint density at radius 3 is 1.65 bits per heavy atom. The SMILES string of the molecule is Cc1cccc(C)c1-c1ccc(-c2c(C)cccc2C)c2c1c1ccc(Oc3[c-]c4c(cc3)c3ncccc3n3c5ccccc5nc43)[c-]c1c1nc3ccccc3n12.[Pd+2]. The molecule has 288 valence electrons. The Morgan fingerprint density at radius 1 is 0.483 bits per heavy atom. The van der Waals surface area contributed by atoms with Gasteiger partial charge in [0, 0.05) is 28.8 Å². The summed E-state index contributed by atoms with van der Waals surface area (Å²) < 4.78 is 11.3. The van der Waals surface area contributed by atoms with Gasteiger partial charge < -0.3 is 13.5 Å². The number of hydrogen-bond donors (Lipinski definition) is 0. The Hall–Kier alpha value is -6.91. The van der Waals surface area contributed by atoms with Crippen molar-refractivity contribution < 1.29 is 25.2 Å². The normalized spacial score (nSPS) is 11.9. The molecule has 7 heteroatoms. The summed E-state index contributed by atoms with van der Waals surface area (Å²) in [5.41, 5.74) is 18.3. The quantitative estimate of drug-likeness (QED) is 0.100. The first-order chi connectivity index (χ1) is 28.9. The topological polar surface area (TPSA) is 56.7 Å². The van der Waals surface area contributed by atoms with Crippen molar-refractivity contribution in [2.24, 2.45) is 0 Å². The minimum Gasteiger partial charge on any atom is -0.497 e. The average molecular weight is 864 g/mol. The number of benzene rings is 7. The molecule has 0 spiro atoms. The Morgan fingerprint density at radius 2 is 1.00 bits per heavy atom. The largest absolute Gasteiger partial charge is 2.00 e. The van der Waals surface area contributed by atoms with Crippen molar-refractivity contribution in [1.82, 2.24) is 23.8 Å². The Kier molecular flexibility index (Phi) is 8.19. The number of rotatable bonds is 4. The Balaban J connectivity index is 0.00000408. The van der Waals surface area contributed by atoms with Crippen LogP contribution in [0.4, 0.5) is 0 Å². The van der Waals surface area contributed by atoms with E-state index in [-0.39, 0.29) is 20.4 Å². The molecule has 5 heterocycles. The van der Waals surface area contributed by atoms with Crippen molar-refractivity contribution in [3.63, 3.8) is 0 Å². The molecule has 0 aliphatic rings. The van der Waals surface area contributed by atoms with Crippen LogP contribution in [0.2, 0.25) is 0 Å². The number of hydrogen-bond acceptors (Lipinski definition) is 4. The van der Waals surface area contributed by atoms with Gasteiger partial charge in [-0.1, -0.05) is 119 Å². The van der Waals surface area contributed by atoms with Gasteiger partial charge in [-0.05, 0) is 108 Å². The van der Waals surface area contributed by atoms with Crippen LogP contribution in [0.25, 0.3) is 99.1 Å². The van der Waals surface area contributed by atoms with Gasteiger partial charge in [0.1, 0.15) is 0 Å². The Bertz CT molecular complexity index is 3730. The van der Waals surface area contributed by atoms with Crippen LogP contribution in [0.15, 0.2) is 140 Å². The zero-order valence-corrected chi connectivity index (χ0v) is 34.8. The number of pyridine rings is 3. The van der Waals surface area contributed by atoms with Crippen LogP contribution < -0.4 is 4.74 Å². The third-order valence-electron chi connectivity index (χ3n) is 12.1. The second-order valence-electron chi connectivity index (χ2n) is 15.6. The molecule has 0 unspecified atom stereocenters. The van der Waals surface area contributed by atoms with Crippen LogP contribution in [0.3, 0.4) is 0 Å². The smallest absolute Gasteiger partial charge is 0.497 e. The molecule has 0 saturated carbocycles. The minimum absolute atomic E-state index is 0. The summed E-state index contributed by atoms with van der Waals surface area (Å²) in [6, 6.07) is 54.0. The Labute approximate surface area is 359 Å². The van der Waals surface area contributed by atoms with Gasteiger partial charge in [0.15, 0.2) is 0 Å². The van der Waals surface area contributed by atoms with Gasteiger partial charge in [-0.15, -0.1) is 12.1 Å². The number of para-hydroxylation sites is 4. The predicted octanol–water partition coefficient (Wildman–Crippen LogP) is 13.3. The monoisotopic (exact) mass is 863 g/mol. The summed E-state index contributed by atoms with van der Waals surface area (Å²) >= 11 is 0. The zero-order valence-electron chi connectivity index (χ0n) is 33.2. The van der Waals surface area contributed by atoms with Crippen LogP contribution in [-0.2, 0) is 20.4 Å². The molecular weight excluding hydrogens is 829 g/mol. The summed E-state index contributed by atoms with van der Waals surface area (Å²) in [6.45, 7) is 8.82. The third-order valence-corrected chi connectivity index (χ3v) is 12.1. The number of imidazole rings is 2. The summed E-state index contributed by atoms with van der Waals surface area (Å²) in [6.07, 6.45) is 1.83. The molecule has 0 amide bonds. The molecule has 5 aromatic heterocycles. The molecule has 60 heavy (non-hydrogen) atoms. The molecule has 6 nitrogen and oxygen atoms in total. The van der Waals surface area contributed by atoms with Crippen LogP contribution in [0.5, 0.6) is 11.5 Å². The van der Waals surface area contributed by atoms with Crippen molar-refractivity contribution in [2.45, 2.75) is 27.7 Å². The molecule has 0 atom stereocenters. The fraction of sp³-hybridized carbons (Fsp3) is 0.0755. The first-order valence-electron chi connectivity index (χ1n) is 20.0. The van der Waals surface area contributed by atoms with E-state index < -0.39 is 0 Å². The van der Waals surface area contributed by atoms with Crippen molar-refractivity contribution in [3.05, 3.63) is 174 Å². The molecule has 7 aromatic carbocycles. The number of aromatic nitrogens is 5. The molecule has 0 aliphatic heterocycles. The minimum atomic E-state index is 0.